The Morgan fingerprint density at radius 2 is 2.20 bits per heavy atom. The maximum Gasteiger partial charge on any atom is 0.271 e. The number of rotatable bonds is 3. The number of ether oxygens (including phenoxy) is 1. The van der Waals surface area contributed by atoms with E-state index in [2.05, 4.69) is 17.1 Å². The molecule has 20 heavy (non-hydrogen) atoms. The van der Waals surface area contributed by atoms with Crippen molar-refractivity contribution in [3.63, 3.8) is 0 Å². The molecule has 0 spiro atoms. The first kappa shape index (κ1) is 13.6. The first-order chi connectivity index (χ1) is 9.62. The number of thiophene rings is 1. The third-order valence-corrected chi connectivity index (χ3v) is 4.96. The second kappa shape index (κ2) is 5.18. The van der Waals surface area contributed by atoms with Gasteiger partial charge < -0.3 is 15.0 Å². The van der Waals surface area contributed by atoms with Crippen molar-refractivity contribution in [2.24, 2.45) is 11.7 Å². The SMILES string of the molecule is COc1ccsc1-c1nc(C2(N)CCC(C)CC2)no1. The van der Waals surface area contributed by atoms with Gasteiger partial charge in [-0.1, -0.05) is 12.1 Å². The van der Waals surface area contributed by atoms with Gasteiger partial charge in [0.25, 0.3) is 5.89 Å². The maximum absolute atomic E-state index is 6.47. The smallest absolute Gasteiger partial charge is 0.271 e. The van der Waals surface area contributed by atoms with Gasteiger partial charge in [-0.05, 0) is 43.0 Å². The summed E-state index contributed by atoms with van der Waals surface area (Å²) in [5.74, 6) is 2.61. The highest BCUT2D eigenvalue weighted by Crippen LogP contribution is 2.39. The molecule has 2 heterocycles. The van der Waals surface area contributed by atoms with Crippen LogP contribution in [0, 0.1) is 5.92 Å². The van der Waals surface area contributed by atoms with E-state index >= 15 is 0 Å². The van der Waals surface area contributed by atoms with E-state index in [4.69, 9.17) is 15.0 Å². The van der Waals surface area contributed by atoms with Crippen LogP contribution in [0.3, 0.4) is 0 Å². The van der Waals surface area contributed by atoms with Gasteiger partial charge in [0.2, 0.25) is 0 Å². The first-order valence-corrected chi connectivity index (χ1v) is 7.75. The van der Waals surface area contributed by atoms with Crippen LogP contribution in [0.2, 0.25) is 0 Å². The molecule has 0 bridgehead atoms. The van der Waals surface area contributed by atoms with Gasteiger partial charge in [0.05, 0.1) is 12.6 Å². The van der Waals surface area contributed by atoms with Crippen LogP contribution in [-0.2, 0) is 5.54 Å². The Bertz CT molecular complexity index is 585. The fourth-order valence-corrected chi connectivity index (χ4v) is 3.41. The van der Waals surface area contributed by atoms with Crippen molar-refractivity contribution in [3.8, 4) is 16.5 Å². The van der Waals surface area contributed by atoms with Crippen molar-refractivity contribution >= 4 is 11.3 Å². The molecule has 0 saturated heterocycles. The van der Waals surface area contributed by atoms with Gasteiger partial charge >= 0.3 is 0 Å². The standard InChI is InChI=1S/C14H19N3O2S/c1-9-3-6-14(15,7-4-9)13-16-12(19-17-13)11-10(18-2)5-8-20-11/h5,8-9H,3-4,6-7,15H2,1-2H3. The molecule has 0 aromatic carbocycles. The quantitative estimate of drug-likeness (QED) is 0.940. The molecule has 5 nitrogen and oxygen atoms in total. The lowest BCUT2D eigenvalue weighted by Crippen LogP contribution is -2.41. The predicted molar refractivity (Wildman–Crippen MR) is 77.7 cm³/mol. The minimum Gasteiger partial charge on any atom is -0.495 e. The second-order valence-electron chi connectivity index (χ2n) is 5.58. The van der Waals surface area contributed by atoms with Crippen molar-refractivity contribution in [2.75, 3.05) is 7.11 Å². The van der Waals surface area contributed by atoms with Crippen LogP contribution in [-0.4, -0.2) is 17.3 Å². The molecule has 1 aliphatic carbocycles. The van der Waals surface area contributed by atoms with E-state index in [9.17, 15) is 0 Å². The zero-order valence-electron chi connectivity index (χ0n) is 11.8. The molecular formula is C14H19N3O2S. The van der Waals surface area contributed by atoms with Gasteiger partial charge in [-0.2, -0.15) is 4.98 Å². The zero-order chi connectivity index (χ0) is 14.2. The average molecular weight is 293 g/mol. The van der Waals surface area contributed by atoms with Crippen LogP contribution < -0.4 is 10.5 Å². The molecule has 6 heteroatoms. The number of hydrogen-bond donors (Lipinski definition) is 1. The molecule has 1 fully saturated rings. The molecule has 3 rings (SSSR count). The summed E-state index contributed by atoms with van der Waals surface area (Å²) >= 11 is 1.52. The Hall–Kier alpha value is -1.40. The highest BCUT2D eigenvalue weighted by atomic mass is 32.1. The molecule has 1 saturated carbocycles. The van der Waals surface area contributed by atoms with E-state index in [-0.39, 0.29) is 0 Å². The summed E-state index contributed by atoms with van der Waals surface area (Å²) in [5, 5.41) is 6.05. The molecule has 1 aliphatic rings. The molecule has 0 amide bonds. The summed E-state index contributed by atoms with van der Waals surface area (Å²) in [6.45, 7) is 2.26. The number of nitrogens with zero attached hydrogens (tertiary/aromatic N) is 2. The fraction of sp³-hybridized carbons (Fsp3) is 0.571. The second-order valence-corrected chi connectivity index (χ2v) is 6.50. The largest absolute Gasteiger partial charge is 0.495 e. The summed E-state index contributed by atoms with van der Waals surface area (Å²) in [5.41, 5.74) is 6.02. The van der Waals surface area contributed by atoms with Crippen LogP contribution in [0.25, 0.3) is 10.8 Å². The van der Waals surface area contributed by atoms with Crippen LogP contribution >= 0.6 is 11.3 Å². The molecule has 0 unspecified atom stereocenters. The van der Waals surface area contributed by atoms with E-state index in [1.54, 1.807) is 7.11 Å². The first-order valence-electron chi connectivity index (χ1n) is 6.87. The van der Waals surface area contributed by atoms with Crippen molar-refractivity contribution in [1.29, 1.82) is 0 Å². The third-order valence-electron chi connectivity index (χ3n) is 4.08. The van der Waals surface area contributed by atoms with E-state index < -0.39 is 5.54 Å². The molecule has 0 aliphatic heterocycles. The van der Waals surface area contributed by atoms with Crippen LogP contribution in [0.15, 0.2) is 16.0 Å². The Kier molecular flexibility index (Phi) is 3.52. The summed E-state index contributed by atoms with van der Waals surface area (Å²) < 4.78 is 10.7. The molecule has 2 N–H and O–H groups in total. The number of nitrogens with two attached hydrogens (primary N) is 1. The molecule has 2 aromatic heterocycles. The number of aromatic nitrogens is 2. The summed E-state index contributed by atoms with van der Waals surface area (Å²) in [6.07, 6.45) is 4.05. The highest BCUT2D eigenvalue weighted by Gasteiger charge is 2.36. The molecule has 0 radical (unpaired) electrons. The summed E-state index contributed by atoms with van der Waals surface area (Å²) in [4.78, 5) is 5.37. The van der Waals surface area contributed by atoms with Crippen molar-refractivity contribution in [2.45, 2.75) is 38.1 Å². The minimum absolute atomic E-state index is 0.446. The lowest BCUT2D eigenvalue weighted by Gasteiger charge is -2.33. The van der Waals surface area contributed by atoms with Crippen molar-refractivity contribution < 1.29 is 9.26 Å². The maximum atomic E-state index is 6.47. The van der Waals surface area contributed by atoms with Crippen LogP contribution in [0.4, 0.5) is 0 Å². The third kappa shape index (κ3) is 2.33. The molecule has 108 valence electrons. The fourth-order valence-electron chi connectivity index (χ4n) is 2.63. The molecule has 2 aromatic rings. The Morgan fingerprint density at radius 3 is 2.90 bits per heavy atom. The summed E-state index contributed by atoms with van der Waals surface area (Å²) in [6, 6.07) is 1.89. The van der Waals surface area contributed by atoms with E-state index in [1.165, 1.54) is 11.3 Å². The lowest BCUT2D eigenvalue weighted by molar-refractivity contribution is 0.230. The van der Waals surface area contributed by atoms with Gasteiger partial charge in [0.1, 0.15) is 10.6 Å². The van der Waals surface area contributed by atoms with E-state index in [0.29, 0.717) is 11.7 Å². The predicted octanol–water partition coefficient (Wildman–Crippen LogP) is 3.17. The van der Waals surface area contributed by atoms with Gasteiger partial charge in [0, 0.05) is 0 Å². The summed E-state index contributed by atoms with van der Waals surface area (Å²) in [7, 11) is 1.63. The van der Waals surface area contributed by atoms with Crippen LogP contribution in [0.1, 0.15) is 38.4 Å². The molecule has 0 atom stereocenters. The normalized spacial score (nSPS) is 26.6. The Balaban J connectivity index is 1.87. The minimum atomic E-state index is -0.446. The number of methoxy groups -OCH3 is 1. The highest BCUT2D eigenvalue weighted by molar-refractivity contribution is 7.13. The van der Waals surface area contributed by atoms with Gasteiger partial charge in [-0.15, -0.1) is 11.3 Å². The van der Waals surface area contributed by atoms with Gasteiger partial charge in [-0.3, -0.25) is 0 Å². The van der Waals surface area contributed by atoms with Crippen molar-refractivity contribution in [1.82, 2.24) is 10.1 Å². The van der Waals surface area contributed by atoms with E-state index in [1.807, 2.05) is 11.4 Å². The Morgan fingerprint density at radius 1 is 1.45 bits per heavy atom. The Labute approximate surface area is 122 Å². The molecular weight excluding hydrogens is 274 g/mol. The zero-order valence-corrected chi connectivity index (χ0v) is 12.6. The topological polar surface area (TPSA) is 74.2 Å². The number of hydrogen-bond acceptors (Lipinski definition) is 6. The van der Waals surface area contributed by atoms with Crippen molar-refractivity contribution in [3.05, 3.63) is 17.3 Å². The lowest BCUT2D eigenvalue weighted by atomic mass is 9.77. The van der Waals surface area contributed by atoms with E-state index in [0.717, 1.165) is 42.2 Å². The van der Waals surface area contributed by atoms with Crippen LogP contribution in [0.5, 0.6) is 5.75 Å². The van der Waals surface area contributed by atoms with Gasteiger partial charge in [0.15, 0.2) is 5.82 Å². The van der Waals surface area contributed by atoms with Gasteiger partial charge in [-0.25, -0.2) is 0 Å². The monoisotopic (exact) mass is 293 g/mol. The average Bonchev–Trinajstić information content (AvgIpc) is 3.09.